The molecule has 1 aliphatic heterocycles. The van der Waals surface area contributed by atoms with Gasteiger partial charge in [-0.3, -0.25) is 0 Å². The van der Waals surface area contributed by atoms with E-state index in [1.807, 2.05) is 0 Å². The number of hydrogen-bond donors (Lipinski definition) is 0. The molecule has 1 unspecified atom stereocenters. The van der Waals surface area contributed by atoms with Crippen LogP contribution in [0.25, 0.3) is 0 Å². The highest BCUT2D eigenvalue weighted by Gasteiger charge is 2.37. The number of nitrogens with zero attached hydrogens (tertiary/aromatic N) is 1. The van der Waals surface area contributed by atoms with Crippen LogP contribution in [0.15, 0.2) is 12.2 Å². The molecule has 0 aliphatic carbocycles. The summed E-state index contributed by atoms with van der Waals surface area (Å²) in [6.45, 7) is 5.28. The fourth-order valence-corrected chi connectivity index (χ4v) is 1.75. The van der Waals surface area contributed by atoms with E-state index in [4.69, 9.17) is 10.00 Å². The molecule has 1 atom stereocenters. The van der Waals surface area contributed by atoms with Crippen molar-refractivity contribution < 1.29 is 19.1 Å². The zero-order valence-corrected chi connectivity index (χ0v) is 10.5. The molecule has 1 heterocycles. The van der Waals surface area contributed by atoms with Crippen LogP contribution in [0.5, 0.6) is 0 Å². The molecule has 1 saturated heterocycles. The van der Waals surface area contributed by atoms with E-state index in [2.05, 4.69) is 11.3 Å². The van der Waals surface area contributed by atoms with Crippen LogP contribution in [-0.4, -0.2) is 24.1 Å². The summed E-state index contributed by atoms with van der Waals surface area (Å²) in [7, 11) is 0. The predicted octanol–water partition coefficient (Wildman–Crippen LogP) is 1.88. The van der Waals surface area contributed by atoms with Gasteiger partial charge in [-0.1, -0.05) is 19.4 Å². The molecule has 1 rings (SSSR count). The molecule has 5 nitrogen and oxygen atoms in total. The van der Waals surface area contributed by atoms with Crippen LogP contribution in [0.3, 0.4) is 0 Å². The molecule has 0 aromatic rings. The van der Waals surface area contributed by atoms with E-state index in [1.54, 1.807) is 13.0 Å². The van der Waals surface area contributed by atoms with Crippen LogP contribution >= 0.6 is 0 Å². The Balaban J connectivity index is 2.65. The highest BCUT2D eigenvalue weighted by molar-refractivity contribution is 6.00. The lowest BCUT2D eigenvalue weighted by molar-refractivity contribution is -0.177. The van der Waals surface area contributed by atoms with Crippen molar-refractivity contribution in [2.75, 3.05) is 6.61 Å². The van der Waals surface area contributed by atoms with E-state index in [0.29, 0.717) is 13.0 Å². The largest absolute Gasteiger partial charge is 0.387 e. The summed E-state index contributed by atoms with van der Waals surface area (Å²) >= 11 is 0. The number of rotatable bonds is 2. The maximum absolute atomic E-state index is 11.9. The lowest BCUT2D eigenvalue weighted by Crippen LogP contribution is -2.42. The minimum atomic E-state index is -1.11. The van der Waals surface area contributed by atoms with Crippen molar-refractivity contribution in [2.45, 2.75) is 44.6 Å². The first-order chi connectivity index (χ1) is 8.49. The Morgan fingerprint density at radius 3 is 2.67 bits per heavy atom. The average molecular weight is 251 g/mol. The van der Waals surface area contributed by atoms with Crippen LogP contribution < -0.4 is 0 Å². The van der Waals surface area contributed by atoms with Gasteiger partial charge in [-0.25, -0.2) is 9.59 Å². The Morgan fingerprint density at radius 1 is 1.33 bits per heavy atom. The molecule has 98 valence electrons. The lowest BCUT2D eigenvalue weighted by atomic mass is 9.96. The summed E-state index contributed by atoms with van der Waals surface area (Å²) < 4.78 is 10.1. The molecule has 0 saturated carbocycles. The van der Waals surface area contributed by atoms with Crippen molar-refractivity contribution in [1.29, 1.82) is 5.26 Å². The quantitative estimate of drug-likeness (QED) is 0.324. The standard InChI is InChI=1S/C13H17NO4/c1-10(9-14)11(15)18-12(16)13(2)7-5-3-4-6-8-17-13/h1,3-8H2,2H3. The number of esters is 2. The molecule has 0 bridgehead atoms. The Labute approximate surface area is 106 Å². The number of carbonyl (C=O) groups is 2. The van der Waals surface area contributed by atoms with Gasteiger partial charge < -0.3 is 9.47 Å². The van der Waals surface area contributed by atoms with Crippen LogP contribution in [0.1, 0.15) is 39.0 Å². The summed E-state index contributed by atoms with van der Waals surface area (Å²) in [5.74, 6) is -1.75. The van der Waals surface area contributed by atoms with Gasteiger partial charge in [-0.05, 0) is 26.2 Å². The first-order valence-corrected chi connectivity index (χ1v) is 5.99. The monoisotopic (exact) mass is 251 g/mol. The van der Waals surface area contributed by atoms with Crippen LogP contribution in [0.2, 0.25) is 0 Å². The van der Waals surface area contributed by atoms with E-state index in [9.17, 15) is 9.59 Å². The van der Waals surface area contributed by atoms with Gasteiger partial charge in [0, 0.05) is 6.61 Å². The third-order valence-electron chi connectivity index (χ3n) is 2.97. The second-order valence-corrected chi connectivity index (χ2v) is 4.51. The average Bonchev–Trinajstić information content (AvgIpc) is 2.32. The minimum Gasteiger partial charge on any atom is -0.387 e. The van der Waals surface area contributed by atoms with E-state index >= 15 is 0 Å². The van der Waals surface area contributed by atoms with Crippen molar-refractivity contribution >= 4 is 11.9 Å². The number of hydrogen-bond acceptors (Lipinski definition) is 5. The van der Waals surface area contributed by atoms with Crippen molar-refractivity contribution in [1.82, 2.24) is 0 Å². The van der Waals surface area contributed by atoms with Gasteiger partial charge in [0.05, 0.1) is 0 Å². The van der Waals surface area contributed by atoms with Gasteiger partial charge >= 0.3 is 11.9 Å². The Hall–Kier alpha value is -1.67. The molecular weight excluding hydrogens is 234 g/mol. The smallest absolute Gasteiger partial charge is 0.355 e. The summed E-state index contributed by atoms with van der Waals surface area (Å²) in [6.07, 6.45) is 4.36. The highest BCUT2D eigenvalue weighted by Crippen LogP contribution is 2.25. The third-order valence-corrected chi connectivity index (χ3v) is 2.97. The molecule has 1 fully saturated rings. The van der Waals surface area contributed by atoms with E-state index in [1.165, 1.54) is 0 Å². The number of carbonyl (C=O) groups excluding carboxylic acids is 2. The van der Waals surface area contributed by atoms with Crippen molar-refractivity contribution in [2.24, 2.45) is 0 Å². The second-order valence-electron chi connectivity index (χ2n) is 4.51. The molecule has 5 heteroatoms. The first-order valence-electron chi connectivity index (χ1n) is 5.99. The molecule has 0 N–H and O–H groups in total. The maximum Gasteiger partial charge on any atom is 0.355 e. The molecule has 0 aromatic heterocycles. The molecule has 0 amide bonds. The Morgan fingerprint density at radius 2 is 2.00 bits per heavy atom. The molecule has 1 aliphatic rings. The highest BCUT2D eigenvalue weighted by atomic mass is 16.6. The fraction of sp³-hybridized carbons (Fsp3) is 0.615. The first kappa shape index (κ1) is 14.4. The zero-order chi connectivity index (χ0) is 13.6. The number of ether oxygens (including phenoxy) is 2. The van der Waals surface area contributed by atoms with E-state index in [0.717, 1.165) is 25.7 Å². The van der Waals surface area contributed by atoms with E-state index < -0.39 is 23.1 Å². The lowest BCUT2D eigenvalue weighted by Gasteiger charge is -2.28. The maximum atomic E-state index is 11.9. The van der Waals surface area contributed by atoms with Crippen molar-refractivity contribution in [3.63, 3.8) is 0 Å². The normalized spacial score (nSPS) is 24.2. The van der Waals surface area contributed by atoms with Gasteiger partial charge in [-0.15, -0.1) is 0 Å². The molecule has 0 radical (unpaired) electrons. The minimum absolute atomic E-state index is 0.391. The van der Waals surface area contributed by atoms with Gasteiger partial charge in [-0.2, -0.15) is 5.26 Å². The summed E-state index contributed by atoms with van der Waals surface area (Å²) in [4.78, 5) is 23.2. The topological polar surface area (TPSA) is 76.4 Å². The molecule has 18 heavy (non-hydrogen) atoms. The Kier molecular flexibility index (Phi) is 5.05. The summed E-state index contributed by atoms with van der Waals surface area (Å²) in [5.41, 5.74) is -1.50. The summed E-state index contributed by atoms with van der Waals surface area (Å²) in [5, 5.41) is 8.48. The van der Waals surface area contributed by atoms with Crippen molar-refractivity contribution in [3.8, 4) is 6.07 Å². The van der Waals surface area contributed by atoms with Gasteiger partial charge in [0.15, 0.2) is 5.60 Å². The molecule has 0 aromatic carbocycles. The number of nitriles is 1. The van der Waals surface area contributed by atoms with Gasteiger partial charge in [0.25, 0.3) is 0 Å². The van der Waals surface area contributed by atoms with Crippen LogP contribution in [0, 0.1) is 11.3 Å². The van der Waals surface area contributed by atoms with Crippen LogP contribution in [-0.2, 0) is 19.1 Å². The predicted molar refractivity (Wildman–Crippen MR) is 63.3 cm³/mol. The zero-order valence-electron chi connectivity index (χ0n) is 10.5. The van der Waals surface area contributed by atoms with Gasteiger partial charge in [0.2, 0.25) is 0 Å². The second kappa shape index (κ2) is 6.31. The fourth-order valence-electron chi connectivity index (χ4n) is 1.75. The van der Waals surface area contributed by atoms with Gasteiger partial charge in [0.1, 0.15) is 11.6 Å². The van der Waals surface area contributed by atoms with Crippen molar-refractivity contribution in [3.05, 3.63) is 12.2 Å². The third kappa shape index (κ3) is 3.67. The molecular formula is C13H17NO4. The Bertz CT molecular complexity index is 386. The molecule has 0 spiro atoms. The SMILES string of the molecule is C=C(C#N)C(=O)OC(=O)C1(C)CCCCCCO1. The van der Waals surface area contributed by atoms with E-state index in [-0.39, 0.29) is 0 Å². The van der Waals surface area contributed by atoms with Crippen LogP contribution in [0.4, 0.5) is 0 Å². The summed E-state index contributed by atoms with van der Waals surface area (Å²) in [6, 6.07) is 1.55.